The van der Waals surface area contributed by atoms with E-state index in [9.17, 15) is 13.2 Å². The summed E-state index contributed by atoms with van der Waals surface area (Å²) in [6.07, 6.45) is -3.34. The van der Waals surface area contributed by atoms with Crippen molar-refractivity contribution in [3.05, 3.63) is 52.0 Å². The largest absolute Gasteiger partial charge is 0.415 e. The fourth-order valence-corrected chi connectivity index (χ4v) is 5.34. The monoisotopic (exact) mass is 451 g/mol. The standard InChI is InChI=1S/C23H28F3N3OS/c1-4-30-20(23(24,25)26)22(11-10-17-8-9-18(15-27)31-17)12-14-29(16-22)21(2,3)19-7-5-6-13-28-19/h5-9,13,20H,4,10-12,14,16H2,1-3H3/t20?,22-/m1/s1. The van der Waals surface area contributed by atoms with Crippen molar-refractivity contribution in [2.24, 2.45) is 5.41 Å². The number of aryl methyl sites for hydroxylation is 1. The van der Waals surface area contributed by atoms with E-state index in [4.69, 9.17) is 10.00 Å². The van der Waals surface area contributed by atoms with Crippen LogP contribution >= 0.6 is 11.3 Å². The van der Waals surface area contributed by atoms with Crippen LogP contribution in [0.5, 0.6) is 0 Å². The number of hydrogen-bond acceptors (Lipinski definition) is 5. The Morgan fingerprint density at radius 2 is 2.06 bits per heavy atom. The number of pyridine rings is 1. The van der Waals surface area contributed by atoms with Gasteiger partial charge in [-0.15, -0.1) is 11.3 Å². The number of rotatable bonds is 8. The fraction of sp³-hybridized carbons (Fsp3) is 0.565. The molecular weight excluding hydrogens is 423 g/mol. The van der Waals surface area contributed by atoms with E-state index in [0.717, 1.165) is 10.6 Å². The van der Waals surface area contributed by atoms with Crippen LogP contribution in [0.4, 0.5) is 13.2 Å². The number of aromatic nitrogens is 1. The van der Waals surface area contributed by atoms with Gasteiger partial charge in [-0.2, -0.15) is 18.4 Å². The minimum Gasteiger partial charge on any atom is -0.368 e. The number of halogens is 3. The maximum atomic E-state index is 14.1. The van der Waals surface area contributed by atoms with Gasteiger partial charge >= 0.3 is 6.18 Å². The molecule has 1 aliphatic rings. The highest BCUT2D eigenvalue weighted by Crippen LogP contribution is 2.49. The first-order chi connectivity index (χ1) is 14.6. The van der Waals surface area contributed by atoms with Crippen LogP contribution in [0.2, 0.25) is 0 Å². The molecule has 2 aromatic heterocycles. The van der Waals surface area contributed by atoms with Crippen molar-refractivity contribution in [1.82, 2.24) is 9.88 Å². The van der Waals surface area contributed by atoms with Crippen LogP contribution in [-0.2, 0) is 16.7 Å². The third-order valence-electron chi connectivity index (χ3n) is 6.30. The van der Waals surface area contributed by atoms with Gasteiger partial charge in [0.1, 0.15) is 10.9 Å². The molecule has 4 nitrogen and oxygen atoms in total. The van der Waals surface area contributed by atoms with Crippen LogP contribution in [-0.4, -0.2) is 41.9 Å². The molecule has 0 aliphatic carbocycles. The predicted octanol–water partition coefficient (Wildman–Crippen LogP) is 5.54. The Morgan fingerprint density at radius 3 is 2.65 bits per heavy atom. The number of nitriles is 1. The second kappa shape index (κ2) is 9.27. The predicted molar refractivity (Wildman–Crippen MR) is 115 cm³/mol. The summed E-state index contributed by atoms with van der Waals surface area (Å²) in [5, 5.41) is 9.06. The summed E-state index contributed by atoms with van der Waals surface area (Å²) in [6, 6.07) is 11.3. The van der Waals surface area contributed by atoms with Crippen molar-refractivity contribution in [2.75, 3.05) is 19.7 Å². The molecule has 2 atom stereocenters. The molecule has 0 spiro atoms. The number of alkyl halides is 3. The third-order valence-corrected chi connectivity index (χ3v) is 7.35. The number of hydrogen-bond donors (Lipinski definition) is 0. The van der Waals surface area contributed by atoms with E-state index in [1.165, 1.54) is 11.3 Å². The lowest BCUT2D eigenvalue weighted by Crippen LogP contribution is -2.51. The SMILES string of the molecule is CCOC(C(F)(F)F)[C@]1(CCc2ccc(C#N)s2)CCN(C(C)(C)c2ccccn2)C1. The summed E-state index contributed by atoms with van der Waals surface area (Å²) in [6.45, 7) is 6.44. The second-order valence-corrected chi connectivity index (χ2v) is 9.73. The summed E-state index contributed by atoms with van der Waals surface area (Å²) in [5.74, 6) is 0. The molecule has 8 heteroatoms. The van der Waals surface area contributed by atoms with Crippen molar-refractivity contribution in [3.63, 3.8) is 0 Å². The van der Waals surface area contributed by atoms with Gasteiger partial charge in [-0.1, -0.05) is 6.07 Å². The average Bonchev–Trinajstić information content (AvgIpc) is 3.38. The van der Waals surface area contributed by atoms with Gasteiger partial charge in [-0.05, 0) is 70.8 Å². The molecule has 1 unspecified atom stereocenters. The van der Waals surface area contributed by atoms with E-state index in [0.29, 0.717) is 30.7 Å². The Kier molecular flexibility index (Phi) is 7.09. The van der Waals surface area contributed by atoms with Crippen LogP contribution in [0, 0.1) is 16.7 Å². The maximum Gasteiger partial charge on any atom is 0.415 e. The van der Waals surface area contributed by atoms with E-state index >= 15 is 0 Å². The Bertz CT molecular complexity index is 907. The fourth-order valence-electron chi connectivity index (χ4n) is 4.54. The summed E-state index contributed by atoms with van der Waals surface area (Å²) in [5.41, 5.74) is -0.720. The molecule has 2 aromatic rings. The molecule has 0 bridgehead atoms. The van der Waals surface area contributed by atoms with Crippen molar-refractivity contribution in [2.45, 2.75) is 57.9 Å². The minimum absolute atomic E-state index is 0.00709. The molecule has 0 radical (unpaired) electrons. The normalized spacial score (nSPS) is 21.2. The summed E-state index contributed by atoms with van der Waals surface area (Å²) >= 11 is 1.34. The van der Waals surface area contributed by atoms with Crippen molar-refractivity contribution in [3.8, 4) is 6.07 Å². The number of ether oxygens (including phenoxy) is 1. The Balaban J connectivity index is 1.90. The van der Waals surface area contributed by atoms with Crippen LogP contribution < -0.4 is 0 Å². The lowest BCUT2D eigenvalue weighted by atomic mass is 9.76. The van der Waals surface area contributed by atoms with E-state index < -0.39 is 23.2 Å². The molecule has 1 aliphatic heterocycles. The van der Waals surface area contributed by atoms with Crippen molar-refractivity contribution >= 4 is 11.3 Å². The highest BCUT2D eigenvalue weighted by Gasteiger charge is 2.58. The van der Waals surface area contributed by atoms with Gasteiger partial charge in [0.25, 0.3) is 0 Å². The second-order valence-electron chi connectivity index (χ2n) is 8.56. The van der Waals surface area contributed by atoms with Crippen LogP contribution in [0.15, 0.2) is 36.5 Å². The van der Waals surface area contributed by atoms with Crippen LogP contribution in [0.3, 0.4) is 0 Å². The number of likely N-dealkylation sites (tertiary alicyclic amines) is 1. The molecule has 1 fully saturated rings. The zero-order chi connectivity index (χ0) is 22.7. The summed E-state index contributed by atoms with van der Waals surface area (Å²) in [4.78, 5) is 8.06. The van der Waals surface area contributed by atoms with Gasteiger partial charge in [0, 0.05) is 29.6 Å². The minimum atomic E-state index is -4.45. The molecule has 0 N–H and O–H groups in total. The molecule has 3 rings (SSSR count). The average molecular weight is 452 g/mol. The smallest absolute Gasteiger partial charge is 0.368 e. The summed E-state index contributed by atoms with van der Waals surface area (Å²) in [7, 11) is 0. The molecule has 1 saturated heterocycles. The van der Waals surface area contributed by atoms with Gasteiger partial charge < -0.3 is 4.74 Å². The Labute approximate surface area is 185 Å². The molecule has 3 heterocycles. The highest BCUT2D eigenvalue weighted by atomic mass is 32.1. The number of thiophene rings is 1. The summed E-state index contributed by atoms with van der Waals surface area (Å²) < 4.78 is 47.8. The zero-order valence-electron chi connectivity index (χ0n) is 18.1. The van der Waals surface area contributed by atoms with E-state index in [-0.39, 0.29) is 13.2 Å². The van der Waals surface area contributed by atoms with Gasteiger partial charge in [-0.25, -0.2) is 0 Å². The number of nitrogens with zero attached hydrogens (tertiary/aromatic N) is 3. The zero-order valence-corrected chi connectivity index (χ0v) is 18.9. The first-order valence-electron chi connectivity index (χ1n) is 10.5. The van der Waals surface area contributed by atoms with Gasteiger partial charge in [0.15, 0.2) is 6.10 Å². The van der Waals surface area contributed by atoms with Crippen molar-refractivity contribution < 1.29 is 17.9 Å². The molecule has 0 saturated carbocycles. The van der Waals surface area contributed by atoms with Crippen LogP contribution in [0.1, 0.15) is 49.1 Å². The van der Waals surface area contributed by atoms with E-state index in [1.807, 2.05) is 38.1 Å². The van der Waals surface area contributed by atoms with Crippen LogP contribution in [0.25, 0.3) is 0 Å². The first kappa shape index (κ1) is 23.7. The van der Waals surface area contributed by atoms with E-state index in [1.54, 1.807) is 19.2 Å². The third kappa shape index (κ3) is 5.11. The van der Waals surface area contributed by atoms with Crippen molar-refractivity contribution in [1.29, 1.82) is 5.26 Å². The molecule has 0 aromatic carbocycles. The lowest BCUT2D eigenvalue weighted by molar-refractivity contribution is -0.254. The van der Waals surface area contributed by atoms with Gasteiger partial charge in [0.2, 0.25) is 0 Å². The molecule has 168 valence electrons. The molecule has 31 heavy (non-hydrogen) atoms. The Morgan fingerprint density at radius 1 is 1.29 bits per heavy atom. The first-order valence-corrected chi connectivity index (χ1v) is 11.3. The molecular formula is C23H28F3N3OS. The Hall–Kier alpha value is -1.95. The maximum absolute atomic E-state index is 14.1. The topological polar surface area (TPSA) is 49.1 Å². The lowest BCUT2D eigenvalue weighted by Gasteiger charge is -2.41. The van der Waals surface area contributed by atoms with Gasteiger partial charge in [-0.3, -0.25) is 9.88 Å². The quantitative estimate of drug-likeness (QED) is 0.529. The highest BCUT2D eigenvalue weighted by molar-refractivity contribution is 7.12. The van der Waals surface area contributed by atoms with Gasteiger partial charge in [0.05, 0.1) is 11.2 Å². The molecule has 0 amide bonds. The van der Waals surface area contributed by atoms with E-state index in [2.05, 4.69) is 16.0 Å².